The molecule has 58 valence electrons. The highest BCUT2D eigenvalue weighted by Crippen LogP contribution is 2.30. The summed E-state index contributed by atoms with van der Waals surface area (Å²) in [5.74, 6) is -0.801. The highest BCUT2D eigenvalue weighted by atomic mass is 16.6. The predicted molar refractivity (Wildman–Crippen MR) is 33.5 cm³/mol. The van der Waals surface area contributed by atoms with E-state index in [0.717, 1.165) is 0 Å². The Morgan fingerprint density at radius 3 is 2.00 bits per heavy atom. The van der Waals surface area contributed by atoms with E-state index < -0.39 is 17.7 Å². The zero-order chi connectivity index (χ0) is 7.94. The van der Waals surface area contributed by atoms with E-state index in [4.69, 9.17) is 20.1 Å². The molecule has 10 heavy (non-hydrogen) atoms. The second kappa shape index (κ2) is 1.87. The third-order valence-electron chi connectivity index (χ3n) is 1.45. The number of ether oxygens (including phenoxy) is 1. The van der Waals surface area contributed by atoms with Crippen molar-refractivity contribution in [1.82, 2.24) is 0 Å². The van der Waals surface area contributed by atoms with Gasteiger partial charge in [-0.15, -0.1) is 0 Å². The van der Waals surface area contributed by atoms with E-state index in [9.17, 15) is 0 Å². The van der Waals surface area contributed by atoms with Gasteiger partial charge in [-0.1, -0.05) is 0 Å². The smallest absolute Gasteiger partial charge is 0.218 e. The molecule has 0 saturated carbocycles. The van der Waals surface area contributed by atoms with E-state index in [1.807, 2.05) is 0 Å². The van der Waals surface area contributed by atoms with E-state index in [1.54, 1.807) is 13.8 Å². The maximum absolute atomic E-state index is 9.04. The minimum absolute atomic E-state index is 0.306. The van der Waals surface area contributed by atoms with Crippen LogP contribution in [0.2, 0.25) is 0 Å². The first-order chi connectivity index (χ1) is 4.45. The Morgan fingerprint density at radius 2 is 1.90 bits per heavy atom. The molecule has 1 atom stereocenters. The van der Waals surface area contributed by atoms with Gasteiger partial charge in [0.15, 0.2) is 11.5 Å². The lowest BCUT2D eigenvalue weighted by Gasteiger charge is -2.16. The van der Waals surface area contributed by atoms with Crippen LogP contribution in [0.1, 0.15) is 13.8 Å². The Balaban J connectivity index is 2.95. The Kier molecular flexibility index (Phi) is 1.38. The van der Waals surface area contributed by atoms with E-state index in [1.165, 1.54) is 0 Å². The van der Waals surface area contributed by atoms with Gasteiger partial charge in [0.2, 0.25) is 6.29 Å². The van der Waals surface area contributed by atoms with Crippen LogP contribution in [-0.2, 0) is 4.74 Å². The molecule has 0 amide bonds. The summed E-state index contributed by atoms with van der Waals surface area (Å²) in [5.41, 5.74) is -0.969. The van der Waals surface area contributed by atoms with Gasteiger partial charge in [0.1, 0.15) is 5.60 Å². The Hall–Kier alpha value is -0.740. The Morgan fingerprint density at radius 1 is 1.40 bits per heavy atom. The molecular weight excluding hydrogens is 136 g/mol. The van der Waals surface area contributed by atoms with Crippen molar-refractivity contribution in [1.29, 1.82) is 0 Å². The fourth-order valence-electron chi connectivity index (χ4n) is 0.816. The summed E-state index contributed by atoms with van der Waals surface area (Å²) in [5, 5.41) is 26.7. The van der Waals surface area contributed by atoms with Crippen LogP contribution in [0.15, 0.2) is 11.5 Å². The highest BCUT2D eigenvalue weighted by Gasteiger charge is 2.40. The number of aliphatic hydroxyl groups is 3. The molecule has 4 nitrogen and oxygen atoms in total. The van der Waals surface area contributed by atoms with Gasteiger partial charge < -0.3 is 20.1 Å². The Labute approximate surface area is 58.4 Å². The Bertz CT molecular complexity index is 182. The summed E-state index contributed by atoms with van der Waals surface area (Å²) in [6, 6.07) is 0. The van der Waals surface area contributed by atoms with Crippen molar-refractivity contribution in [3.8, 4) is 0 Å². The normalized spacial score (nSPS) is 31.3. The number of aliphatic hydroxyl groups excluding tert-OH is 3. The van der Waals surface area contributed by atoms with Crippen LogP contribution < -0.4 is 0 Å². The number of hydrogen-bond acceptors (Lipinski definition) is 4. The topological polar surface area (TPSA) is 69.9 Å². The molecule has 0 radical (unpaired) electrons. The maximum atomic E-state index is 9.04. The second-order valence-corrected chi connectivity index (χ2v) is 2.71. The molecule has 0 aromatic rings. The molecule has 1 aliphatic rings. The molecule has 4 heteroatoms. The fraction of sp³-hybridized carbons (Fsp3) is 0.667. The van der Waals surface area contributed by atoms with Crippen LogP contribution >= 0.6 is 0 Å². The first-order valence-corrected chi connectivity index (χ1v) is 2.93. The molecule has 1 rings (SSSR count). The van der Waals surface area contributed by atoms with Crippen molar-refractivity contribution in [2.45, 2.75) is 25.7 Å². The molecule has 0 aromatic heterocycles. The lowest BCUT2D eigenvalue weighted by Crippen LogP contribution is -2.24. The first-order valence-electron chi connectivity index (χ1n) is 2.93. The van der Waals surface area contributed by atoms with Gasteiger partial charge in [-0.3, -0.25) is 0 Å². The van der Waals surface area contributed by atoms with E-state index in [0.29, 0.717) is 0 Å². The predicted octanol–water partition coefficient (Wildman–Crippen LogP) is 0.441. The molecule has 3 N–H and O–H groups in total. The van der Waals surface area contributed by atoms with Crippen molar-refractivity contribution >= 4 is 0 Å². The average Bonchev–Trinajstić information content (AvgIpc) is 1.95. The largest absolute Gasteiger partial charge is 0.506 e. The molecule has 1 aliphatic heterocycles. The van der Waals surface area contributed by atoms with Crippen molar-refractivity contribution in [2.75, 3.05) is 0 Å². The maximum Gasteiger partial charge on any atom is 0.218 e. The average molecular weight is 146 g/mol. The summed E-state index contributed by atoms with van der Waals surface area (Å²) in [6.07, 6.45) is -1.38. The first kappa shape index (κ1) is 7.37. The van der Waals surface area contributed by atoms with Crippen LogP contribution in [0.3, 0.4) is 0 Å². The summed E-state index contributed by atoms with van der Waals surface area (Å²) in [4.78, 5) is 0. The monoisotopic (exact) mass is 146 g/mol. The highest BCUT2D eigenvalue weighted by molar-refractivity contribution is 5.17. The molecule has 0 bridgehead atoms. The number of rotatable bonds is 0. The van der Waals surface area contributed by atoms with Crippen LogP contribution in [0, 0.1) is 0 Å². The van der Waals surface area contributed by atoms with Gasteiger partial charge in [-0.05, 0) is 13.8 Å². The summed E-state index contributed by atoms with van der Waals surface area (Å²) in [7, 11) is 0. The quantitative estimate of drug-likeness (QED) is 0.463. The van der Waals surface area contributed by atoms with E-state index >= 15 is 0 Å². The zero-order valence-electron chi connectivity index (χ0n) is 5.83. The van der Waals surface area contributed by atoms with Crippen LogP contribution in [0.4, 0.5) is 0 Å². The molecule has 1 heterocycles. The van der Waals surface area contributed by atoms with Gasteiger partial charge in [0, 0.05) is 0 Å². The van der Waals surface area contributed by atoms with Crippen molar-refractivity contribution in [2.24, 2.45) is 0 Å². The van der Waals surface area contributed by atoms with Crippen molar-refractivity contribution < 1.29 is 20.1 Å². The zero-order valence-corrected chi connectivity index (χ0v) is 5.83. The van der Waals surface area contributed by atoms with Crippen molar-refractivity contribution in [3.05, 3.63) is 11.5 Å². The lowest BCUT2D eigenvalue weighted by atomic mass is 10.1. The minimum atomic E-state index is -1.38. The molecule has 0 aromatic carbocycles. The van der Waals surface area contributed by atoms with Gasteiger partial charge in [0.25, 0.3) is 0 Å². The van der Waals surface area contributed by atoms with Crippen LogP contribution in [0.5, 0.6) is 0 Å². The molecular formula is C6H10O4. The molecule has 0 aliphatic carbocycles. The molecule has 1 unspecified atom stereocenters. The van der Waals surface area contributed by atoms with Gasteiger partial charge in [-0.2, -0.15) is 0 Å². The second-order valence-electron chi connectivity index (χ2n) is 2.71. The van der Waals surface area contributed by atoms with E-state index in [-0.39, 0.29) is 5.76 Å². The van der Waals surface area contributed by atoms with Crippen LogP contribution in [0.25, 0.3) is 0 Å². The van der Waals surface area contributed by atoms with Gasteiger partial charge in [-0.25, -0.2) is 0 Å². The standard InChI is InChI=1S/C6H10O4/c1-6(2)4(8)3(7)5(9)10-6/h5,7-9H,1-2H3. The van der Waals surface area contributed by atoms with Gasteiger partial charge >= 0.3 is 0 Å². The number of hydrogen-bond donors (Lipinski definition) is 3. The third kappa shape index (κ3) is 0.853. The molecule has 0 fully saturated rings. The minimum Gasteiger partial charge on any atom is -0.506 e. The summed E-state index contributed by atoms with van der Waals surface area (Å²) in [6.45, 7) is 3.10. The summed E-state index contributed by atoms with van der Waals surface area (Å²) < 4.78 is 4.75. The molecule has 0 spiro atoms. The summed E-state index contributed by atoms with van der Waals surface area (Å²) >= 11 is 0. The van der Waals surface area contributed by atoms with Gasteiger partial charge in [0.05, 0.1) is 0 Å². The van der Waals surface area contributed by atoms with Crippen LogP contribution in [-0.4, -0.2) is 27.2 Å². The third-order valence-corrected chi connectivity index (χ3v) is 1.45. The SMILES string of the molecule is CC1(C)OC(O)C(O)=C1O. The molecule has 0 saturated heterocycles. The van der Waals surface area contributed by atoms with E-state index in [2.05, 4.69) is 0 Å². The fourth-order valence-corrected chi connectivity index (χ4v) is 0.816. The van der Waals surface area contributed by atoms with Crippen molar-refractivity contribution in [3.63, 3.8) is 0 Å². The lowest BCUT2D eigenvalue weighted by molar-refractivity contribution is -0.131.